The molecule has 1 fully saturated rings. The minimum Gasteiger partial charge on any atom is -0.465 e. The minimum absolute atomic E-state index is 0.112. The Balaban J connectivity index is 1.63. The number of nitrogens with one attached hydrogen (secondary N) is 1. The molecule has 0 bridgehead atoms. The summed E-state index contributed by atoms with van der Waals surface area (Å²) in [7, 11) is 5.51. The van der Waals surface area contributed by atoms with Crippen molar-refractivity contribution in [2.75, 3.05) is 34.3 Å². The van der Waals surface area contributed by atoms with Gasteiger partial charge < -0.3 is 24.3 Å². The van der Waals surface area contributed by atoms with Crippen LogP contribution in [0.5, 0.6) is 0 Å². The van der Waals surface area contributed by atoms with Crippen LogP contribution in [0.2, 0.25) is 0 Å². The van der Waals surface area contributed by atoms with Crippen molar-refractivity contribution in [2.24, 2.45) is 0 Å². The van der Waals surface area contributed by atoms with Gasteiger partial charge in [0.15, 0.2) is 5.11 Å². The molecule has 1 N–H and O–H groups in total. The third-order valence-electron chi connectivity index (χ3n) is 5.71. The lowest BCUT2D eigenvalue weighted by atomic mass is 10.0. The van der Waals surface area contributed by atoms with Crippen molar-refractivity contribution in [3.05, 3.63) is 77.8 Å². The van der Waals surface area contributed by atoms with E-state index >= 15 is 0 Å². The molecule has 7 nitrogen and oxygen atoms in total. The zero-order valence-electron chi connectivity index (χ0n) is 19.0. The van der Waals surface area contributed by atoms with Crippen LogP contribution in [0, 0.1) is 0 Å². The number of benzene rings is 1. The van der Waals surface area contributed by atoms with Gasteiger partial charge in [-0.1, -0.05) is 18.2 Å². The SMILES string of the molecule is COC(=O)c1ccc(-c2ccc([C@@H]3[C@@H](c4ccccn4)NC(=S)N3CCCN(C)C)o2)cc1. The van der Waals surface area contributed by atoms with E-state index in [9.17, 15) is 4.79 Å². The van der Waals surface area contributed by atoms with Crippen LogP contribution in [0.1, 0.15) is 40.3 Å². The highest BCUT2D eigenvalue weighted by Crippen LogP contribution is 2.40. The van der Waals surface area contributed by atoms with Gasteiger partial charge in [-0.25, -0.2) is 4.79 Å². The van der Waals surface area contributed by atoms with Gasteiger partial charge in [-0.15, -0.1) is 0 Å². The lowest BCUT2D eigenvalue weighted by Gasteiger charge is -2.26. The number of methoxy groups -OCH3 is 1. The monoisotopic (exact) mass is 464 g/mol. The van der Waals surface area contributed by atoms with Gasteiger partial charge in [-0.05, 0) is 75.7 Å². The third-order valence-corrected chi connectivity index (χ3v) is 6.06. The topological polar surface area (TPSA) is 70.8 Å². The van der Waals surface area contributed by atoms with Crippen LogP contribution in [0.3, 0.4) is 0 Å². The predicted octanol–water partition coefficient (Wildman–Crippen LogP) is 4.05. The highest BCUT2D eigenvalue weighted by atomic mass is 32.1. The number of rotatable bonds is 8. The van der Waals surface area contributed by atoms with Crippen molar-refractivity contribution in [1.82, 2.24) is 20.1 Å². The first-order chi connectivity index (χ1) is 16.0. The fourth-order valence-corrected chi connectivity index (χ4v) is 4.40. The summed E-state index contributed by atoms with van der Waals surface area (Å²) in [6, 6.07) is 16.8. The number of nitrogens with zero attached hydrogens (tertiary/aromatic N) is 3. The molecule has 4 rings (SSSR count). The number of furan rings is 1. The van der Waals surface area contributed by atoms with Gasteiger partial charge in [-0.2, -0.15) is 0 Å². The van der Waals surface area contributed by atoms with Crippen molar-refractivity contribution in [1.29, 1.82) is 0 Å². The van der Waals surface area contributed by atoms with Gasteiger partial charge in [0.25, 0.3) is 0 Å². The van der Waals surface area contributed by atoms with E-state index in [1.807, 2.05) is 42.5 Å². The van der Waals surface area contributed by atoms with Crippen LogP contribution in [0.15, 0.2) is 65.2 Å². The zero-order valence-corrected chi connectivity index (χ0v) is 19.8. The maximum atomic E-state index is 11.7. The van der Waals surface area contributed by atoms with Crippen LogP contribution in [0.4, 0.5) is 0 Å². The molecule has 33 heavy (non-hydrogen) atoms. The van der Waals surface area contributed by atoms with Crippen molar-refractivity contribution < 1.29 is 13.9 Å². The van der Waals surface area contributed by atoms with Gasteiger partial charge in [0.05, 0.1) is 24.4 Å². The number of ether oxygens (including phenoxy) is 1. The van der Waals surface area contributed by atoms with Crippen LogP contribution in [-0.2, 0) is 4.74 Å². The Labute approximate surface area is 199 Å². The summed E-state index contributed by atoms with van der Waals surface area (Å²) >= 11 is 5.71. The lowest BCUT2D eigenvalue weighted by Crippen LogP contribution is -2.32. The second-order valence-corrected chi connectivity index (χ2v) is 8.63. The van der Waals surface area contributed by atoms with Crippen LogP contribution in [0.25, 0.3) is 11.3 Å². The van der Waals surface area contributed by atoms with Gasteiger partial charge in [-0.3, -0.25) is 4.98 Å². The normalized spacial score (nSPS) is 17.9. The Kier molecular flexibility index (Phi) is 7.05. The Bertz CT molecular complexity index is 1100. The van der Waals surface area contributed by atoms with Crippen molar-refractivity contribution in [3.63, 3.8) is 0 Å². The van der Waals surface area contributed by atoms with E-state index in [2.05, 4.69) is 34.2 Å². The number of aromatic nitrogens is 1. The first-order valence-corrected chi connectivity index (χ1v) is 11.3. The summed E-state index contributed by atoms with van der Waals surface area (Å²) in [5.41, 5.74) is 2.30. The Hall–Kier alpha value is -3.23. The number of thiocarbonyl (C=S) groups is 1. The van der Waals surface area contributed by atoms with E-state index in [0.717, 1.165) is 42.3 Å². The molecule has 0 saturated carbocycles. The standard InChI is InChI=1S/C25H28N4O3S/c1-28(2)15-6-16-29-23(22(27-25(29)33)19-7-4-5-14-26-19)21-13-12-20(32-21)17-8-10-18(11-9-17)24(30)31-3/h4-5,7-14,22-23H,6,15-16H2,1-3H3,(H,27,33)/t22-,23-/m1/s1. The van der Waals surface area contributed by atoms with Crippen LogP contribution >= 0.6 is 12.2 Å². The molecule has 172 valence electrons. The average Bonchev–Trinajstić information content (AvgIpc) is 3.44. The van der Waals surface area contributed by atoms with Gasteiger partial charge in [0.1, 0.15) is 17.6 Å². The molecule has 0 aliphatic carbocycles. The van der Waals surface area contributed by atoms with Gasteiger partial charge >= 0.3 is 5.97 Å². The highest BCUT2D eigenvalue weighted by Gasteiger charge is 2.41. The molecule has 1 aliphatic heterocycles. The van der Waals surface area contributed by atoms with Crippen LogP contribution < -0.4 is 5.32 Å². The fraction of sp³-hybridized carbons (Fsp3) is 0.320. The quantitative estimate of drug-likeness (QED) is 0.396. The van der Waals surface area contributed by atoms with Crippen molar-refractivity contribution in [3.8, 4) is 11.3 Å². The number of carbonyl (C=O) groups excluding carboxylic acids is 1. The summed E-state index contributed by atoms with van der Waals surface area (Å²) in [5.74, 6) is 1.18. The molecular formula is C25H28N4O3S. The molecule has 2 aromatic heterocycles. The third kappa shape index (κ3) is 5.07. The molecule has 0 unspecified atom stereocenters. The van der Waals surface area contributed by atoms with Crippen molar-refractivity contribution in [2.45, 2.75) is 18.5 Å². The second-order valence-electron chi connectivity index (χ2n) is 8.25. The Morgan fingerprint density at radius 1 is 1.18 bits per heavy atom. The molecular weight excluding hydrogens is 436 g/mol. The first kappa shape index (κ1) is 22.9. The maximum absolute atomic E-state index is 11.7. The number of hydrogen-bond acceptors (Lipinski definition) is 6. The van der Waals surface area contributed by atoms with Crippen LogP contribution in [-0.4, -0.2) is 60.2 Å². The largest absolute Gasteiger partial charge is 0.465 e. The maximum Gasteiger partial charge on any atom is 0.337 e. The Morgan fingerprint density at radius 2 is 1.97 bits per heavy atom. The molecule has 1 aliphatic rings. The molecule has 0 amide bonds. The molecule has 0 spiro atoms. The molecule has 3 aromatic rings. The number of pyridine rings is 1. The van der Waals surface area contributed by atoms with Crippen molar-refractivity contribution >= 4 is 23.3 Å². The average molecular weight is 465 g/mol. The molecule has 3 heterocycles. The number of carbonyl (C=O) groups is 1. The molecule has 2 atom stereocenters. The van der Waals surface area contributed by atoms with E-state index in [-0.39, 0.29) is 18.1 Å². The van der Waals surface area contributed by atoms with E-state index in [1.165, 1.54) is 7.11 Å². The van der Waals surface area contributed by atoms with E-state index in [0.29, 0.717) is 10.7 Å². The first-order valence-electron chi connectivity index (χ1n) is 10.9. The summed E-state index contributed by atoms with van der Waals surface area (Å²) in [6.07, 6.45) is 2.77. The molecule has 1 saturated heterocycles. The number of hydrogen-bond donors (Lipinski definition) is 1. The smallest absolute Gasteiger partial charge is 0.337 e. The van der Waals surface area contributed by atoms with E-state index < -0.39 is 0 Å². The Morgan fingerprint density at radius 3 is 2.64 bits per heavy atom. The zero-order chi connectivity index (χ0) is 23.4. The van der Waals surface area contributed by atoms with Gasteiger partial charge in [0.2, 0.25) is 0 Å². The molecule has 0 radical (unpaired) electrons. The predicted molar refractivity (Wildman–Crippen MR) is 131 cm³/mol. The van der Waals surface area contributed by atoms with E-state index in [1.54, 1.807) is 18.3 Å². The number of esters is 1. The van der Waals surface area contributed by atoms with Gasteiger partial charge in [0, 0.05) is 18.3 Å². The minimum atomic E-state index is -0.362. The fourth-order valence-electron chi connectivity index (χ4n) is 4.07. The summed E-state index contributed by atoms with van der Waals surface area (Å²) in [5, 5.41) is 4.16. The molecule has 1 aromatic carbocycles. The van der Waals surface area contributed by atoms with E-state index in [4.69, 9.17) is 21.4 Å². The lowest BCUT2D eigenvalue weighted by molar-refractivity contribution is 0.0600. The summed E-state index contributed by atoms with van der Waals surface area (Å²) in [4.78, 5) is 20.7. The molecule has 8 heteroatoms. The highest BCUT2D eigenvalue weighted by molar-refractivity contribution is 7.80. The second kappa shape index (κ2) is 10.1. The summed E-state index contributed by atoms with van der Waals surface area (Å²) in [6.45, 7) is 1.78. The summed E-state index contributed by atoms with van der Waals surface area (Å²) < 4.78 is 11.1.